The number of hydrogen-bond acceptors (Lipinski definition) is 8. The highest BCUT2D eigenvalue weighted by molar-refractivity contribution is 5.50. The summed E-state index contributed by atoms with van der Waals surface area (Å²) in [6.45, 7) is 6.85. The maximum Gasteiger partial charge on any atom is 0.350 e. The number of nitrogens with zero attached hydrogens (tertiary/aromatic N) is 5. The van der Waals surface area contributed by atoms with Gasteiger partial charge in [-0.05, 0) is 67.4 Å². The summed E-state index contributed by atoms with van der Waals surface area (Å²) in [5.41, 5.74) is 3.62. The van der Waals surface area contributed by atoms with Gasteiger partial charge in [0.05, 0.1) is 24.9 Å². The maximum absolute atomic E-state index is 12.8. The molecule has 0 bridgehead atoms. The van der Waals surface area contributed by atoms with Crippen molar-refractivity contribution < 1.29 is 14.2 Å². The van der Waals surface area contributed by atoms with Crippen LogP contribution in [0.4, 0.5) is 11.4 Å². The summed E-state index contributed by atoms with van der Waals surface area (Å²) in [7, 11) is 0. The third kappa shape index (κ3) is 7.16. The zero-order valence-electron chi connectivity index (χ0n) is 26.3. The Hall–Kier alpha value is -4.87. The van der Waals surface area contributed by atoms with Gasteiger partial charge in [0.2, 0.25) is 5.79 Å². The zero-order chi connectivity index (χ0) is 31.8. The number of benzene rings is 3. The number of rotatable bonds is 15. The van der Waals surface area contributed by atoms with Crippen molar-refractivity contribution in [2.75, 3.05) is 36.9 Å². The van der Waals surface area contributed by atoms with E-state index in [9.17, 15) is 4.79 Å². The lowest BCUT2D eigenvalue weighted by Crippen LogP contribution is -2.34. The smallest absolute Gasteiger partial charge is 0.350 e. The molecule has 2 N–H and O–H groups in total. The number of nitrogens with one attached hydrogen (secondary N) is 2. The molecule has 1 aliphatic rings. The van der Waals surface area contributed by atoms with Crippen LogP contribution in [0.1, 0.15) is 38.3 Å². The molecular weight excluding hydrogens is 582 g/mol. The summed E-state index contributed by atoms with van der Waals surface area (Å²) in [5.74, 6) is -0.150. The van der Waals surface area contributed by atoms with Gasteiger partial charge >= 0.3 is 5.69 Å². The Bertz CT molecular complexity index is 1700. The molecule has 3 aromatic carbocycles. The van der Waals surface area contributed by atoms with Crippen molar-refractivity contribution in [1.82, 2.24) is 24.1 Å². The highest BCUT2D eigenvalue weighted by Crippen LogP contribution is 2.36. The first-order valence-electron chi connectivity index (χ1n) is 15.9. The van der Waals surface area contributed by atoms with Crippen LogP contribution in [0, 0.1) is 0 Å². The molecule has 0 aliphatic carbocycles. The Kier molecular flexibility index (Phi) is 9.80. The minimum atomic E-state index is -0.915. The predicted molar refractivity (Wildman–Crippen MR) is 178 cm³/mol. The topological polar surface area (TPSA) is 109 Å². The van der Waals surface area contributed by atoms with E-state index >= 15 is 0 Å². The number of aromatic nitrogens is 5. The SMILES string of the molecule is CCC(CC)n1ncn(-c2ccc(NCCNc3ccc(OC[C@@H]4CO[C@@](Cn5cccn5)(c5ccccc5)O4)cc3)cc2)c1=O. The first-order chi connectivity index (χ1) is 22.6. The summed E-state index contributed by atoms with van der Waals surface area (Å²) >= 11 is 0. The van der Waals surface area contributed by atoms with Gasteiger partial charge in [0.1, 0.15) is 24.8 Å². The van der Waals surface area contributed by atoms with E-state index in [0.29, 0.717) is 19.8 Å². The Labute approximate surface area is 268 Å². The molecule has 240 valence electrons. The molecule has 11 heteroatoms. The summed E-state index contributed by atoms with van der Waals surface area (Å²) in [6.07, 6.45) is 6.78. The number of ether oxygens (including phenoxy) is 3. The van der Waals surface area contributed by atoms with E-state index in [4.69, 9.17) is 14.2 Å². The van der Waals surface area contributed by atoms with Gasteiger partial charge in [0.15, 0.2) is 0 Å². The zero-order valence-corrected chi connectivity index (χ0v) is 26.3. The number of hydrogen-bond donors (Lipinski definition) is 2. The van der Waals surface area contributed by atoms with Crippen molar-refractivity contribution in [2.45, 2.75) is 51.2 Å². The lowest BCUT2D eigenvalue weighted by Gasteiger charge is -2.28. The van der Waals surface area contributed by atoms with Gasteiger partial charge in [-0.25, -0.2) is 14.0 Å². The first-order valence-corrected chi connectivity index (χ1v) is 15.9. The fourth-order valence-corrected chi connectivity index (χ4v) is 5.66. The van der Waals surface area contributed by atoms with Gasteiger partial charge in [-0.1, -0.05) is 44.2 Å². The van der Waals surface area contributed by atoms with Crippen molar-refractivity contribution in [2.24, 2.45) is 0 Å². The van der Waals surface area contributed by atoms with E-state index in [1.165, 1.54) is 0 Å². The van der Waals surface area contributed by atoms with Crippen LogP contribution in [0.15, 0.2) is 108 Å². The summed E-state index contributed by atoms with van der Waals surface area (Å²) < 4.78 is 23.8. The van der Waals surface area contributed by atoms with Crippen molar-refractivity contribution in [3.05, 3.63) is 120 Å². The van der Waals surface area contributed by atoms with Crippen molar-refractivity contribution in [1.29, 1.82) is 0 Å². The van der Waals surface area contributed by atoms with E-state index in [2.05, 4.69) is 34.7 Å². The second-order valence-electron chi connectivity index (χ2n) is 11.3. The second kappa shape index (κ2) is 14.5. The van der Waals surface area contributed by atoms with E-state index in [1.807, 2.05) is 95.8 Å². The molecule has 1 fully saturated rings. The van der Waals surface area contributed by atoms with Crippen LogP contribution in [0.2, 0.25) is 0 Å². The molecule has 6 rings (SSSR count). The molecule has 11 nitrogen and oxygen atoms in total. The molecule has 0 amide bonds. The lowest BCUT2D eigenvalue weighted by molar-refractivity contribution is -0.190. The molecule has 5 aromatic rings. The maximum atomic E-state index is 12.8. The largest absolute Gasteiger partial charge is 0.491 e. The highest BCUT2D eigenvalue weighted by Gasteiger charge is 2.44. The summed E-state index contributed by atoms with van der Waals surface area (Å²) in [4.78, 5) is 12.8. The van der Waals surface area contributed by atoms with Crippen LogP contribution in [0.25, 0.3) is 5.69 Å². The fraction of sp³-hybridized carbons (Fsp3) is 0.343. The minimum Gasteiger partial charge on any atom is -0.491 e. The molecule has 0 saturated carbocycles. The lowest BCUT2D eigenvalue weighted by atomic mass is 10.1. The Morgan fingerprint density at radius 2 is 1.61 bits per heavy atom. The Morgan fingerprint density at radius 3 is 2.26 bits per heavy atom. The minimum absolute atomic E-state index is 0.109. The van der Waals surface area contributed by atoms with Crippen LogP contribution >= 0.6 is 0 Å². The van der Waals surface area contributed by atoms with Crippen LogP contribution < -0.4 is 21.1 Å². The average molecular weight is 624 g/mol. The molecule has 2 atom stereocenters. The molecular formula is C35H41N7O4. The fourth-order valence-electron chi connectivity index (χ4n) is 5.66. The molecule has 3 heterocycles. The van der Waals surface area contributed by atoms with Crippen LogP contribution in [0.3, 0.4) is 0 Å². The molecule has 46 heavy (non-hydrogen) atoms. The molecule has 0 radical (unpaired) electrons. The quantitative estimate of drug-likeness (QED) is 0.148. The van der Waals surface area contributed by atoms with Gasteiger partial charge in [-0.2, -0.15) is 10.2 Å². The third-order valence-electron chi connectivity index (χ3n) is 8.20. The van der Waals surface area contributed by atoms with E-state index < -0.39 is 5.79 Å². The Balaban J connectivity index is 0.948. The van der Waals surface area contributed by atoms with Gasteiger partial charge < -0.3 is 24.8 Å². The van der Waals surface area contributed by atoms with Gasteiger partial charge in [-0.15, -0.1) is 0 Å². The molecule has 1 saturated heterocycles. The van der Waals surface area contributed by atoms with Gasteiger partial charge in [0.25, 0.3) is 0 Å². The second-order valence-corrected chi connectivity index (χ2v) is 11.3. The van der Waals surface area contributed by atoms with Gasteiger partial charge in [0, 0.05) is 42.4 Å². The molecule has 2 aromatic heterocycles. The average Bonchev–Trinajstić information content (AvgIpc) is 3.86. The summed E-state index contributed by atoms with van der Waals surface area (Å²) in [6, 6.07) is 27.7. The highest BCUT2D eigenvalue weighted by atomic mass is 16.8. The summed E-state index contributed by atoms with van der Waals surface area (Å²) in [5, 5.41) is 15.5. The van der Waals surface area contributed by atoms with Crippen molar-refractivity contribution >= 4 is 11.4 Å². The molecule has 1 aliphatic heterocycles. The van der Waals surface area contributed by atoms with E-state index in [-0.39, 0.29) is 17.8 Å². The number of anilines is 2. The van der Waals surface area contributed by atoms with Crippen molar-refractivity contribution in [3.8, 4) is 11.4 Å². The third-order valence-corrected chi connectivity index (χ3v) is 8.20. The standard InChI is InChI=1S/C35H41N7O4/c1-3-30(4-2)42-34(43)41(26-39-42)31-15-11-28(12-16-31)36-20-21-37-29-13-17-32(18-14-29)44-23-33-24-45-35(46-33,25-40-22-8-19-38-40)27-9-6-5-7-10-27/h5-19,22,26,30,33,36-37H,3-4,20-21,23-25H2,1-2H3/t33-,35-/m1/s1. The predicted octanol–water partition coefficient (Wildman–Crippen LogP) is 5.46. The van der Waals surface area contributed by atoms with E-state index in [0.717, 1.165) is 54.3 Å². The van der Waals surface area contributed by atoms with Crippen LogP contribution in [0.5, 0.6) is 5.75 Å². The molecule has 0 unspecified atom stereocenters. The van der Waals surface area contributed by atoms with E-state index in [1.54, 1.807) is 21.8 Å². The normalized spacial score (nSPS) is 17.8. The molecule has 0 spiro atoms. The van der Waals surface area contributed by atoms with Crippen molar-refractivity contribution in [3.63, 3.8) is 0 Å². The first kappa shape index (κ1) is 31.1. The Morgan fingerprint density at radius 1 is 0.913 bits per heavy atom. The van der Waals surface area contributed by atoms with Crippen LogP contribution in [-0.4, -0.2) is 56.5 Å². The van der Waals surface area contributed by atoms with Crippen LogP contribution in [-0.2, 0) is 21.8 Å². The monoisotopic (exact) mass is 623 g/mol. The van der Waals surface area contributed by atoms with Gasteiger partial charge in [-0.3, -0.25) is 4.68 Å².